The van der Waals surface area contributed by atoms with Crippen LogP contribution in [0.1, 0.15) is 42.1 Å². The van der Waals surface area contributed by atoms with Crippen molar-refractivity contribution in [2.45, 2.75) is 32.7 Å². The lowest BCUT2D eigenvalue weighted by molar-refractivity contribution is -0.128. The predicted octanol–water partition coefficient (Wildman–Crippen LogP) is 4.44. The monoisotopic (exact) mass is 401 g/mol. The fraction of sp³-hybridized carbons (Fsp3) is 0.280. The first-order chi connectivity index (χ1) is 14.7. The molecule has 1 aliphatic heterocycles. The summed E-state index contributed by atoms with van der Waals surface area (Å²) in [5.74, 6) is -0.390. The summed E-state index contributed by atoms with van der Waals surface area (Å²) in [4.78, 5) is 28.0. The summed E-state index contributed by atoms with van der Waals surface area (Å²) in [5, 5.41) is 3.96. The highest BCUT2D eigenvalue weighted by Crippen LogP contribution is 2.24. The standard InChI is InChI=1S/C25H27N3O2/c1-2-27-18-20(21-13-7-8-14-23(21)27)17-22(25(30)28-15-9-4-10-16-28)26-24(29)19-11-5-3-6-12-19/h3,5-8,11-14,17-18H,2,4,9-10,15-16H2,1H3,(H,26,29)/b22-17-. The first kappa shape index (κ1) is 20.0. The maximum absolute atomic E-state index is 13.3. The second kappa shape index (κ2) is 8.99. The minimum absolute atomic E-state index is 0.118. The molecule has 0 unspecified atom stereocenters. The summed E-state index contributed by atoms with van der Waals surface area (Å²) in [6.45, 7) is 4.39. The van der Waals surface area contributed by atoms with E-state index in [2.05, 4.69) is 28.9 Å². The average Bonchev–Trinajstić information content (AvgIpc) is 3.17. The van der Waals surface area contributed by atoms with Crippen LogP contribution in [-0.4, -0.2) is 34.4 Å². The molecule has 4 rings (SSSR count). The van der Waals surface area contributed by atoms with Gasteiger partial charge in [-0.1, -0.05) is 36.4 Å². The third-order valence-electron chi connectivity index (χ3n) is 5.62. The van der Waals surface area contributed by atoms with E-state index in [0.717, 1.165) is 55.4 Å². The highest BCUT2D eigenvalue weighted by atomic mass is 16.2. The molecule has 2 amide bonds. The lowest BCUT2D eigenvalue weighted by atomic mass is 10.1. The molecule has 1 fully saturated rings. The van der Waals surface area contributed by atoms with Gasteiger partial charge in [0.1, 0.15) is 5.70 Å². The number of nitrogens with zero attached hydrogens (tertiary/aromatic N) is 2. The zero-order valence-electron chi connectivity index (χ0n) is 17.3. The van der Waals surface area contributed by atoms with Gasteiger partial charge in [-0.25, -0.2) is 0 Å². The van der Waals surface area contributed by atoms with E-state index in [1.807, 2.05) is 47.5 Å². The third kappa shape index (κ3) is 4.15. The van der Waals surface area contributed by atoms with Gasteiger partial charge in [0.25, 0.3) is 11.8 Å². The van der Waals surface area contributed by atoms with Crippen LogP contribution >= 0.6 is 0 Å². The van der Waals surface area contributed by atoms with Gasteiger partial charge in [0, 0.05) is 47.9 Å². The van der Waals surface area contributed by atoms with Crippen LogP contribution in [0.4, 0.5) is 0 Å². The van der Waals surface area contributed by atoms with Gasteiger partial charge in [0.15, 0.2) is 0 Å². The molecule has 154 valence electrons. The minimum atomic E-state index is -0.272. The highest BCUT2D eigenvalue weighted by molar-refractivity contribution is 6.06. The van der Waals surface area contributed by atoms with E-state index in [9.17, 15) is 9.59 Å². The molecule has 0 aliphatic carbocycles. The number of amides is 2. The van der Waals surface area contributed by atoms with Gasteiger partial charge in [-0.3, -0.25) is 9.59 Å². The quantitative estimate of drug-likeness (QED) is 0.643. The number of piperidine rings is 1. The van der Waals surface area contributed by atoms with E-state index >= 15 is 0 Å². The van der Waals surface area contributed by atoms with Gasteiger partial charge in [-0.2, -0.15) is 0 Å². The Bertz CT molecular complexity index is 1080. The summed E-state index contributed by atoms with van der Waals surface area (Å²) < 4.78 is 2.16. The van der Waals surface area contributed by atoms with Crippen molar-refractivity contribution in [3.63, 3.8) is 0 Å². The number of rotatable bonds is 5. The molecule has 0 radical (unpaired) electrons. The largest absolute Gasteiger partial charge is 0.347 e. The molecule has 1 aliphatic rings. The van der Waals surface area contributed by atoms with Crippen LogP contribution in [0, 0.1) is 0 Å². The number of carbonyl (C=O) groups is 2. The Morgan fingerprint density at radius 3 is 2.40 bits per heavy atom. The number of hydrogen-bond donors (Lipinski definition) is 1. The molecule has 1 N–H and O–H groups in total. The lowest BCUT2D eigenvalue weighted by Gasteiger charge is -2.27. The fourth-order valence-corrected chi connectivity index (χ4v) is 4.01. The van der Waals surface area contributed by atoms with Gasteiger partial charge in [0.05, 0.1) is 0 Å². The van der Waals surface area contributed by atoms with Gasteiger partial charge in [-0.15, -0.1) is 0 Å². The lowest BCUT2D eigenvalue weighted by Crippen LogP contribution is -2.41. The fourth-order valence-electron chi connectivity index (χ4n) is 4.01. The van der Waals surface area contributed by atoms with Crippen molar-refractivity contribution >= 4 is 28.8 Å². The molecule has 1 saturated heterocycles. The normalized spacial score (nSPS) is 14.7. The van der Waals surface area contributed by atoms with Crippen LogP contribution < -0.4 is 5.32 Å². The Balaban J connectivity index is 1.73. The summed E-state index contributed by atoms with van der Waals surface area (Å²) >= 11 is 0. The van der Waals surface area contributed by atoms with Gasteiger partial charge < -0.3 is 14.8 Å². The molecule has 0 atom stereocenters. The van der Waals surface area contributed by atoms with Crippen molar-refractivity contribution in [1.29, 1.82) is 0 Å². The van der Waals surface area contributed by atoms with Crippen molar-refractivity contribution in [3.8, 4) is 0 Å². The number of likely N-dealkylation sites (tertiary alicyclic amines) is 1. The number of benzene rings is 2. The Labute approximate surface area is 177 Å². The van der Waals surface area contributed by atoms with Crippen LogP contribution in [0.3, 0.4) is 0 Å². The van der Waals surface area contributed by atoms with Crippen molar-refractivity contribution < 1.29 is 9.59 Å². The van der Waals surface area contributed by atoms with E-state index in [1.165, 1.54) is 0 Å². The van der Waals surface area contributed by atoms with Gasteiger partial charge in [0.2, 0.25) is 0 Å². The second-order valence-electron chi connectivity index (χ2n) is 7.62. The van der Waals surface area contributed by atoms with Crippen molar-refractivity contribution in [2.24, 2.45) is 0 Å². The minimum Gasteiger partial charge on any atom is -0.347 e. The Morgan fingerprint density at radius 2 is 1.67 bits per heavy atom. The smallest absolute Gasteiger partial charge is 0.270 e. The van der Waals surface area contributed by atoms with E-state index in [0.29, 0.717) is 11.3 Å². The predicted molar refractivity (Wildman–Crippen MR) is 120 cm³/mol. The molecule has 3 aromatic rings. The van der Waals surface area contributed by atoms with Crippen LogP contribution in [0.2, 0.25) is 0 Å². The van der Waals surface area contributed by atoms with E-state index in [-0.39, 0.29) is 11.8 Å². The van der Waals surface area contributed by atoms with Gasteiger partial charge >= 0.3 is 0 Å². The van der Waals surface area contributed by atoms with Crippen LogP contribution in [0.25, 0.3) is 17.0 Å². The van der Waals surface area contributed by atoms with Gasteiger partial charge in [-0.05, 0) is 50.5 Å². The highest BCUT2D eigenvalue weighted by Gasteiger charge is 2.23. The van der Waals surface area contributed by atoms with Crippen LogP contribution in [0.15, 0.2) is 66.5 Å². The van der Waals surface area contributed by atoms with Crippen LogP contribution in [0.5, 0.6) is 0 Å². The van der Waals surface area contributed by atoms with Crippen molar-refractivity contribution in [3.05, 3.63) is 77.6 Å². The number of fused-ring (bicyclic) bond motifs is 1. The summed E-state index contributed by atoms with van der Waals surface area (Å²) in [6, 6.07) is 17.1. The topological polar surface area (TPSA) is 54.3 Å². The maximum Gasteiger partial charge on any atom is 0.270 e. The number of aromatic nitrogens is 1. The number of para-hydroxylation sites is 1. The summed E-state index contributed by atoms with van der Waals surface area (Å²) in [6.07, 6.45) is 7.01. The molecule has 2 aromatic carbocycles. The Kier molecular flexibility index (Phi) is 5.98. The molecule has 2 heterocycles. The molecule has 1 aromatic heterocycles. The number of nitrogens with one attached hydrogen (secondary N) is 1. The maximum atomic E-state index is 13.3. The molecule has 0 bridgehead atoms. The molecule has 0 spiro atoms. The molecule has 30 heavy (non-hydrogen) atoms. The van der Waals surface area contributed by atoms with E-state index in [1.54, 1.807) is 12.1 Å². The third-order valence-corrected chi connectivity index (χ3v) is 5.62. The van der Waals surface area contributed by atoms with E-state index in [4.69, 9.17) is 0 Å². The molecular weight excluding hydrogens is 374 g/mol. The Morgan fingerprint density at radius 1 is 0.967 bits per heavy atom. The first-order valence-corrected chi connectivity index (χ1v) is 10.6. The number of carbonyl (C=O) groups excluding carboxylic acids is 2. The number of hydrogen-bond acceptors (Lipinski definition) is 2. The van der Waals surface area contributed by atoms with Crippen molar-refractivity contribution in [2.75, 3.05) is 13.1 Å². The molecule has 5 nitrogen and oxygen atoms in total. The second-order valence-corrected chi connectivity index (χ2v) is 7.62. The van der Waals surface area contributed by atoms with Crippen LogP contribution in [-0.2, 0) is 11.3 Å². The SMILES string of the molecule is CCn1cc(/C=C(\NC(=O)c2ccccc2)C(=O)N2CCCCC2)c2ccccc21. The molecule has 0 saturated carbocycles. The van der Waals surface area contributed by atoms with Crippen molar-refractivity contribution in [1.82, 2.24) is 14.8 Å². The summed E-state index contributed by atoms with van der Waals surface area (Å²) in [7, 11) is 0. The average molecular weight is 402 g/mol. The summed E-state index contributed by atoms with van der Waals surface area (Å²) in [5.41, 5.74) is 2.90. The molecule has 5 heteroatoms. The number of aryl methyl sites for hydroxylation is 1. The molecular formula is C25H27N3O2. The van der Waals surface area contributed by atoms with E-state index < -0.39 is 0 Å². The first-order valence-electron chi connectivity index (χ1n) is 10.6. The Hall–Kier alpha value is -3.34. The zero-order valence-corrected chi connectivity index (χ0v) is 17.3. The zero-order chi connectivity index (χ0) is 20.9.